The van der Waals surface area contributed by atoms with Crippen molar-refractivity contribution in [1.82, 2.24) is 5.32 Å². The number of para-hydroxylation sites is 1. The summed E-state index contributed by atoms with van der Waals surface area (Å²) in [6.45, 7) is 1.80. The van der Waals surface area contributed by atoms with Crippen molar-refractivity contribution in [2.45, 2.75) is 6.42 Å². The van der Waals surface area contributed by atoms with Crippen molar-refractivity contribution < 1.29 is 13.9 Å². The minimum absolute atomic E-state index is 0.330. The smallest absolute Gasteiger partial charge is 0.170 e. The summed E-state index contributed by atoms with van der Waals surface area (Å²) < 4.78 is 24.6. The first kappa shape index (κ1) is 15.6. The summed E-state index contributed by atoms with van der Waals surface area (Å²) in [6.07, 6.45) is 0.774. The van der Waals surface area contributed by atoms with E-state index in [-0.39, 0.29) is 5.82 Å². The van der Waals surface area contributed by atoms with E-state index in [0.29, 0.717) is 30.6 Å². The molecule has 1 heterocycles. The van der Waals surface area contributed by atoms with E-state index < -0.39 is 0 Å². The zero-order valence-corrected chi connectivity index (χ0v) is 13.3. The van der Waals surface area contributed by atoms with E-state index in [2.05, 4.69) is 10.6 Å². The Morgan fingerprint density at radius 3 is 2.70 bits per heavy atom. The minimum atomic E-state index is -0.330. The number of benzene rings is 2. The molecular weight excluding hydrogens is 315 g/mol. The van der Waals surface area contributed by atoms with E-state index in [1.165, 1.54) is 6.07 Å². The van der Waals surface area contributed by atoms with Crippen LogP contribution >= 0.6 is 12.2 Å². The molecule has 0 fully saturated rings. The SMILES string of the molecule is Fc1ccccc1NC(=S)NCCc1ccc2c(c1)OCCO2. The molecule has 0 bridgehead atoms. The molecule has 0 radical (unpaired) electrons. The topological polar surface area (TPSA) is 42.5 Å². The second-order valence-electron chi connectivity index (χ2n) is 5.09. The van der Waals surface area contributed by atoms with Gasteiger partial charge in [0.05, 0.1) is 5.69 Å². The van der Waals surface area contributed by atoms with Crippen LogP contribution < -0.4 is 20.1 Å². The largest absolute Gasteiger partial charge is 0.486 e. The fourth-order valence-electron chi connectivity index (χ4n) is 2.29. The van der Waals surface area contributed by atoms with Crippen molar-refractivity contribution in [2.75, 3.05) is 25.1 Å². The van der Waals surface area contributed by atoms with Crippen LogP contribution in [0.25, 0.3) is 0 Å². The molecule has 1 aliphatic rings. The highest BCUT2D eigenvalue weighted by molar-refractivity contribution is 7.80. The van der Waals surface area contributed by atoms with Gasteiger partial charge in [-0.25, -0.2) is 4.39 Å². The van der Waals surface area contributed by atoms with Gasteiger partial charge < -0.3 is 20.1 Å². The van der Waals surface area contributed by atoms with E-state index >= 15 is 0 Å². The van der Waals surface area contributed by atoms with Crippen LogP contribution in [0.1, 0.15) is 5.56 Å². The molecule has 23 heavy (non-hydrogen) atoms. The molecule has 6 heteroatoms. The van der Waals surface area contributed by atoms with E-state index in [1.807, 2.05) is 18.2 Å². The third kappa shape index (κ3) is 4.10. The Kier molecular flexibility index (Phi) is 4.92. The molecule has 2 aromatic rings. The zero-order valence-electron chi connectivity index (χ0n) is 12.5. The predicted octanol–water partition coefficient (Wildman–Crippen LogP) is 3.13. The lowest BCUT2D eigenvalue weighted by molar-refractivity contribution is 0.171. The van der Waals surface area contributed by atoms with E-state index in [0.717, 1.165) is 23.5 Å². The number of ether oxygens (including phenoxy) is 2. The number of halogens is 1. The summed E-state index contributed by atoms with van der Waals surface area (Å²) in [4.78, 5) is 0. The quantitative estimate of drug-likeness (QED) is 0.842. The van der Waals surface area contributed by atoms with Crippen molar-refractivity contribution in [3.63, 3.8) is 0 Å². The van der Waals surface area contributed by atoms with E-state index in [1.54, 1.807) is 18.2 Å². The molecule has 3 rings (SSSR count). The van der Waals surface area contributed by atoms with Crippen molar-refractivity contribution in [1.29, 1.82) is 0 Å². The van der Waals surface area contributed by atoms with Gasteiger partial charge in [0.1, 0.15) is 19.0 Å². The molecule has 120 valence electrons. The summed E-state index contributed by atoms with van der Waals surface area (Å²) in [7, 11) is 0. The summed E-state index contributed by atoms with van der Waals surface area (Å²) in [5.41, 5.74) is 1.49. The van der Waals surface area contributed by atoms with Crippen molar-refractivity contribution in [2.24, 2.45) is 0 Å². The predicted molar refractivity (Wildman–Crippen MR) is 91.8 cm³/mol. The van der Waals surface area contributed by atoms with Gasteiger partial charge in [-0.1, -0.05) is 18.2 Å². The number of rotatable bonds is 4. The van der Waals surface area contributed by atoms with Gasteiger partial charge in [0.25, 0.3) is 0 Å². The minimum Gasteiger partial charge on any atom is -0.486 e. The third-order valence-corrected chi connectivity index (χ3v) is 3.67. The van der Waals surface area contributed by atoms with Gasteiger partial charge >= 0.3 is 0 Å². The Morgan fingerprint density at radius 2 is 1.87 bits per heavy atom. The van der Waals surface area contributed by atoms with Gasteiger partial charge in [-0.2, -0.15) is 0 Å². The maximum Gasteiger partial charge on any atom is 0.170 e. The zero-order chi connectivity index (χ0) is 16.1. The van der Waals surface area contributed by atoms with E-state index in [9.17, 15) is 4.39 Å². The molecule has 0 atom stereocenters. The van der Waals surface area contributed by atoms with Gasteiger partial charge in [-0.15, -0.1) is 0 Å². The highest BCUT2D eigenvalue weighted by atomic mass is 32.1. The van der Waals surface area contributed by atoms with Crippen LogP contribution in [0.3, 0.4) is 0 Å². The average molecular weight is 332 g/mol. The first-order valence-corrected chi connectivity index (χ1v) is 7.81. The Labute approximate surface area is 139 Å². The van der Waals surface area contributed by atoms with Crippen LogP contribution in [0.5, 0.6) is 11.5 Å². The van der Waals surface area contributed by atoms with Gasteiger partial charge in [-0.3, -0.25) is 0 Å². The fraction of sp³-hybridized carbons (Fsp3) is 0.235. The molecule has 0 unspecified atom stereocenters. The molecule has 0 amide bonds. The number of nitrogens with one attached hydrogen (secondary N) is 2. The second-order valence-corrected chi connectivity index (χ2v) is 5.50. The Bertz CT molecular complexity index is 709. The highest BCUT2D eigenvalue weighted by Crippen LogP contribution is 2.30. The molecule has 0 saturated carbocycles. The van der Waals surface area contributed by atoms with Crippen LogP contribution in [-0.4, -0.2) is 24.9 Å². The Balaban J connectivity index is 1.49. The lowest BCUT2D eigenvalue weighted by Gasteiger charge is -2.19. The molecule has 0 aliphatic carbocycles. The standard InChI is InChI=1S/C17H17FN2O2S/c18-13-3-1-2-4-14(13)20-17(23)19-8-7-12-5-6-15-16(11-12)22-10-9-21-15/h1-6,11H,7-10H2,(H2,19,20,23). The summed E-state index contributed by atoms with van der Waals surface area (Å²) in [5, 5.41) is 6.31. The van der Waals surface area contributed by atoms with Crippen LogP contribution in [0.2, 0.25) is 0 Å². The molecule has 1 aliphatic heterocycles. The number of anilines is 1. The van der Waals surface area contributed by atoms with Crippen LogP contribution in [0, 0.1) is 5.82 Å². The monoisotopic (exact) mass is 332 g/mol. The van der Waals surface area contributed by atoms with Crippen molar-refractivity contribution >= 4 is 23.0 Å². The molecule has 0 aromatic heterocycles. The summed E-state index contributed by atoms with van der Waals surface area (Å²) >= 11 is 5.17. The average Bonchev–Trinajstić information content (AvgIpc) is 2.57. The molecule has 4 nitrogen and oxygen atoms in total. The fourth-order valence-corrected chi connectivity index (χ4v) is 2.50. The first-order chi connectivity index (χ1) is 11.2. The molecule has 2 N–H and O–H groups in total. The van der Waals surface area contributed by atoms with Crippen molar-refractivity contribution in [3.05, 3.63) is 53.8 Å². The molecule has 0 spiro atoms. The van der Waals surface area contributed by atoms with Crippen LogP contribution in [0.15, 0.2) is 42.5 Å². The number of hydrogen-bond acceptors (Lipinski definition) is 3. The Morgan fingerprint density at radius 1 is 1.09 bits per heavy atom. The number of hydrogen-bond donors (Lipinski definition) is 2. The Hall–Kier alpha value is -2.34. The first-order valence-electron chi connectivity index (χ1n) is 7.40. The highest BCUT2D eigenvalue weighted by Gasteiger charge is 2.11. The maximum absolute atomic E-state index is 13.5. The van der Waals surface area contributed by atoms with Gasteiger partial charge in [0, 0.05) is 6.54 Å². The lowest BCUT2D eigenvalue weighted by atomic mass is 10.1. The second kappa shape index (κ2) is 7.28. The van der Waals surface area contributed by atoms with E-state index in [4.69, 9.17) is 21.7 Å². The van der Waals surface area contributed by atoms with Crippen molar-refractivity contribution in [3.8, 4) is 11.5 Å². The van der Waals surface area contributed by atoms with Gasteiger partial charge in [0.15, 0.2) is 16.6 Å². The normalized spacial score (nSPS) is 12.6. The molecule has 2 aromatic carbocycles. The lowest BCUT2D eigenvalue weighted by Crippen LogP contribution is -2.30. The number of thiocarbonyl (C=S) groups is 1. The molecule has 0 saturated heterocycles. The van der Waals surface area contributed by atoms with Gasteiger partial charge in [0.2, 0.25) is 0 Å². The third-order valence-electron chi connectivity index (χ3n) is 3.43. The van der Waals surface area contributed by atoms with Crippen LogP contribution in [0.4, 0.5) is 10.1 Å². The van der Waals surface area contributed by atoms with Gasteiger partial charge in [-0.05, 0) is 48.5 Å². The summed E-state index contributed by atoms with van der Waals surface area (Å²) in [5.74, 6) is 1.23. The molecular formula is C17H17FN2O2S. The summed E-state index contributed by atoms with van der Waals surface area (Å²) in [6, 6.07) is 12.3. The number of fused-ring (bicyclic) bond motifs is 1. The van der Waals surface area contributed by atoms with Crippen LogP contribution in [-0.2, 0) is 6.42 Å². The maximum atomic E-state index is 13.5.